The lowest BCUT2D eigenvalue weighted by molar-refractivity contribution is -0.145. The summed E-state index contributed by atoms with van der Waals surface area (Å²) in [6.45, 7) is 7.67. The summed E-state index contributed by atoms with van der Waals surface area (Å²) in [6, 6.07) is 15.8. The molecule has 3 aromatic rings. The third-order valence-electron chi connectivity index (χ3n) is 6.04. The predicted molar refractivity (Wildman–Crippen MR) is 126 cm³/mol. The number of hydrogen-bond acceptors (Lipinski definition) is 5. The lowest BCUT2D eigenvalue weighted by Gasteiger charge is -2.32. The molecule has 170 valence electrons. The number of carboxylic acids is 1. The molecule has 0 bridgehead atoms. The predicted octanol–water partition coefficient (Wildman–Crippen LogP) is 5.03. The van der Waals surface area contributed by atoms with Crippen LogP contribution in [0.1, 0.15) is 52.0 Å². The van der Waals surface area contributed by atoms with Crippen molar-refractivity contribution in [1.29, 1.82) is 0 Å². The highest BCUT2D eigenvalue weighted by atomic mass is 16.4. The number of carbonyl (C=O) groups is 1. The second-order valence-electron chi connectivity index (χ2n) is 8.32. The van der Waals surface area contributed by atoms with Crippen LogP contribution in [0.5, 0.6) is 0 Å². The highest BCUT2D eigenvalue weighted by Crippen LogP contribution is 2.30. The Balaban J connectivity index is 1.83. The fourth-order valence-electron chi connectivity index (χ4n) is 4.09. The second-order valence-corrected chi connectivity index (χ2v) is 8.32. The van der Waals surface area contributed by atoms with Crippen molar-refractivity contribution in [3.05, 3.63) is 54.1 Å². The van der Waals surface area contributed by atoms with E-state index in [2.05, 4.69) is 63.6 Å². The van der Waals surface area contributed by atoms with Gasteiger partial charge < -0.3 is 5.11 Å². The number of aliphatic carboxylic acids is 1. The summed E-state index contributed by atoms with van der Waals surface area (Å²) in [5.41, 5.74) is 4.11. The molecule has 32 heavy (non-hydrogen) atoms. The standard InChI is InChI=1S/C25H33N5O2/c1-4-6-9-16-30(23(25(31)32)18(3)5-2)17-19-12-14-20(15-13-19)21-10-7-8-11-22(21)24-26-28-29-27-24/h7-8,10-15,18,23H,4-6,9,16-17H2,1-3H3,(H,31,32)(H,26,27,28,29)/t18-,23-/m0/s1. The minimum absolute atomic E-state index is 0.0928. The van der Waals surface area contributed by atoms with Gasteiger partial charge in [0.05, 0.1) is 0 Å². The summed E-state index contributed by atoms with van der Waals surface area (Å²) in [5, 5.41) is 24.3. The molecule has 1 aromatic heterocycles. The number of benzene rings is 2. The summed E-state index contributed by atoms with van der Waals surface area (Å²) in [7, 11) is 0. The van der Waals surface area contributed by atoms with Gasteiger partial charge in [-0.05, 0) is 40.8 Å². The summed E-state index contributed by atoms with van der Waals surface area (Å²) in [5.74, 6) is -0.0821. The van der Waals surface area contributed by atoms with Crippen molar-refractivity contribution >= 4 is 5.97 Å². The SMILES string of the molecule is CCCCCN(Cc1ccc(-c2ccccc2-c2nn[nH]n2)cc1)[C@H](C(=O)O)[C@@H](C)CC. The Morgan fingerprint density at radius 2 is 1.78 bits per heavy atom. The fraction of sp³-hybridized carbons (Fsp3) is 0.440. The van der Waals surface area contributed by atoms with Crippen molar-refractivity contribution in [1.82, 2.24) is 25.5 Å². The zero-order valence-electron chi connectivity index (χ0n) is 19.2. The van der Waals surface area contributed by atoms with Gasteiger partial charge in [0, 0.05) is 12.1 Å². The smallest absolute Gasteiger partial charge is 0.321 e. The van der Waals surface area contributed by atoms with Gasteiger partial charge in [0.2, 0.25) is 5.82 Å². The van der Waals surface area contributed by atoms with E-state index < -0.39 is 12.0 Å². The van der Waals surface area contributed by atoms with Crippen LogP contribution in [-0.2, 0) is 11.3 Å². The molecule has 0 unspecified atom stereocenters. The number of aromatic nitrogens is 4. The molecule has 0 saturated heterocycles. The molecule has 0 saturated carbocycles. The fourth-order valence-corrected chi connectivity index (χ4v) is 4.09. The Kier molecular flexibility index (Phi) is 8.50. The largest absolute Gasteiger partial charge is 0.480 e. The van der Waals surface area contributed by atoms with Crippen LogP contribution in [0.25, 0.3) is 22.5 Å². The van der Waals surface area contributed by atoms with Crippen molar-refractivity contribution < 1.29 is 9.90 Å². The number of unbranched alkanes of at least 4 members (excludes halogenated alkanes) is 2. The van der Waals surface area contributed by atoms with Crippen molar-refractivity contribution in [2.45, 2.75) is 59.0 Å². The van der Waals surface area contributed by atoms with E-state index >= 15 is 0 Å². The van der Waals surface area contributed by atoms with Gasteiger partial charge in [0.15, 0.2) is 0 Å². The van der Waals surface area contributed by atoms with E-state index in [0.717, 1.165) is 54.5 Å². The van der Waals surface area contributed by atoms with Crippen LogP contribution >= 0.6 is 0 Å². The number of hydrogen-bond donors (Lipinski definition) is 2. The van der Waals surface area contributed by atoms with E-state index in [1.165, 1.54) is 0 Å². The van der Waals surface area contributed by atoms with E-state index in [1.807, 2.05) is 31.2 Å². The zero-order valence-corrected chi connectivity index (χ0v) is 19.2. The summed E-state index contributed by atoms with van der Waals surface area (Å²) in [6.07, 6.45) is 4.07. The highest BCUT2D eigenvalue weighted by Gasteiger charge is 2.30. The van der Waals surface area contributed by atoms with E-state index in [0.29, 0.717) is 12.4 Å². The van der Waals surface area contributed by atoms with Crippen LogP contribution in [0, 0.1) is 5.92 Å². The molecule has 2 N–H and O–H groups in total. The van der Waals surface area contributed by atoms with Gasteiger partial charge in [0.1, 0.15) is 6.04 Å². The van der Waals surface area contributed by atoms with Crippen molar-refractivity contribution in [2.75, 3.05) is 6.54 Å². The quantitative estimate of drug-likeness (QED) is 0.388. The van der Waals surface area contributed by atoms with Gasteiger partial charge in [-0.2, -0.15) is 5.21 Å². The van der Waals surface area contributed by atoms with E-state index in [1.54, 1.807) is 0 Å². The molecule has 0 radical (unpaired) electrons. The van der Waals surface area contributed by atoms with Gasteiger partial charge in [-0.25, -0.2) is 0 Å². The van der Waals surface area contributed by atoms with Gasteiger partial charge >= 0.3 is 5.97 Å². The van der Waals surface area contributed by atoms with Gasteiger partial charge in [0.25, 0.3) is 0 Å². The van der Waals surface area contributed by atoms with Gasteiger partial charge in [-0.1, -0.05) is 88.6 Å². The molecule has 1 heterocycles. The Morgan fingerprint density at radius 3 is 2.38 bits per heavy atom. The van der Waals surface area contributed by atoms with Crippen LogP contribution in [0.3, 0.4) is 0 Å². The van der Waals surface area contributed by atoms with E-state index in [4.69, 9.17) is 0 Å². The minimum atomic E-state index is -0.735. The normalized spacial score (nSPS) is 13.2. The Hall–Kier alpha value is -3.06. The van der Waals surface area contributed by atoms with Crippen LogP contribution in [0.4, 0.5) is 0 Å². The third-order valence-corrected chi connectivity index (χ3v) is 6.04. The molecule has 0 spiro atoms. The molecule has 0 aliphatic carbocycles. The minimum Gasteiger partial charge on any atom is -0.480 e. The monoisotopic (exact) mass is 435 g/mol. The lowest BCUT2D eigenvalue weighted by atomic mass is 9.95. The number of tetrazole rings is 1. The first-order valence-corrected chi connectivity index (χ1v) is 11.4. The topological polar surface area (TPSA) is 95.0 Å². The Labute approximate surface area is 189 Å². The number of rotatable bonds is 12. The average Bonchev–Trinajstić information content (AvgIpc) is 3.34. The molecule has 2 atom stereocenters. The maximum atomic E-state index is 12.1. The first kappa shape index (κ1) is 23.6. The summed E-state index contributed by atoms with van der Waals surface area (Å²) < 4.78 is 0. The van der Waals surface area contributed by atoms with Gasteiger partial charge in [-0.15, -0.1) is 10.2 Å². The molecule has 7 heteroatoms. The average molecular weight is 436 g/mol. The van der Waals surface area contributed by atoms with Gasteiger partial charge in [-0.3, -0.25) is 9.69 Å². The van der Waals surface area contributed by atoms with Crippen LogP contribution in [0.2, 0.25) is 0 Å². The van der Waals surface area contributed by atoms with Crippen LogP contribution in [-0.4, -0.2) is 49.2 Å². The second kappa shape index (κ2) is 11.5. The third kappa shape index (κ3) is 5.79. The number of nitrogens with zero attached hydrogens (tertiary/aromatic N) is 4. The Bertz CT molecular complexity index is 972. The molecule has 3 rings (SSSR count). The van der Waals surface area contributed by atoms with E-state index in [-0.39, 0.29) is 5.92 Å². The number of aromatic amines is 1. The molecular weight excluding hydrogens is 402 g/mol. The number of H-pyrrole nitrogens is 1. The molecule has 2 aromatic carbocycles. The van der Waals surface area contributed by atoms with Crippen molar-refractivity contribution in [3.63, 3.8) is 0 Å². The molecule has 0 aliphatic rings. The lowest BCUT2D eigenvalue weighted by Crippen LogP contribution is -2.45. The van der Waals surface area contributed by atoms with Crippen LogP contribution in [0.15, 0.2) is 48.5 Å². The highest BCUT2D eigenvalue weighted by molar-refractivity contribution is 5.80. The zero-order chi connectivity index (χ0) is 22.9. The number of nitrogens with one attached hydrogen (secondary N) is 1. The molecule has 7 nitrogen and oxygen atoms in total. The molecule has 0 fully saturated rings. The maximum Gasteiger partial charge on any atom is 0.321 e. The Morgan fingerprint density at radius 1 is 1.06 bits per heavy atom. The number of carboxylic acid groups (broad SMARTS) is 1. The van der Waals surface area contributed by atoms with E-state index in [9.17, 15) is 9.90 Å². The molecular formula is C25H33N5O2. The first-order valence-electron chi connectivity index (χ1n) is 11.4. The maximum absolute atomic E-state index is 12.1. The van der Waals surface area contributed by atoms with Crippen molar-refractivity contribution in [2.24, 2.45) is 5.92 Å². The summed E-state index contributed by atoms with van der Waals surface area (Å²) >= 11 is 0. The first-order chi connectivity index (χ1) is 15.5. The van der Waals surface area contributed by atoms with Crippen molar-refractivity contribution in [3.8, 4) is 22.5 Å². The molecule has 0 aliphatic heterocycles. The summed E-state index contributed by atoms with van der Waals surface area (Å²) in [4.78, 5) is 14.2. The molecule has 0 amide bonds. The van der Waals surface area contributed by atoms with Crippen LogP contribution < -0.4 is 0 Å².